The normalized spacial score (nSPS) is 14.3. The van der Waals surface area contributed by atoms with E-state index in [1.165, 1.54) is 11.1 Å². The van der Waals surface area contributed by atoms with Crippen LogP contribution in [0.3, 0.4) is 0 Å². The molecule has 0 radical (unpaired) electrons. The summed E-state index contributed by atoms with van der Waals surface area (Å²) in [6, 6.07) is 7.19. The van der Waals surface area contributed by atoms with Crippen molar-refractivity contribution < 1.29 is 19.0 Å². The summed E-state index contributed by atoms with van der Waals surface area (Å²) in [6.07, 6.45) is 6.56. The van der Waals surface area contributed by atoms with Crippen LogP contribution in [0.25, 0.3) is 10.9 Å². The molecule has 11 heteroatoms. The molecule has 1 fully saturated rings. The number of halogens is 3. The van der Waals surface area contributed by atoms with E-state index in [1.54, 1.807) is 32.2 Å². The van der Waals surface area contributed by atoms with E-state index < -0.39 is 5.97 Å². The molecule has 0 spiro atoms. The van der Waals surface area contributed by atoms with Crippen molar-refractivity contribution in [2.45, 2.75) is 64.9 Å². The van der Waals surface area contributed by atoms with Crippen LogP contribution < -0.4 is 15.0 Å². The Balaban J connectivity index is 1.76. The van der Waals surface area contributed by atoms with Gasteiger partial charge in [0.25, 0.3) is 5.56 Å². The number of benzene rings is 2. The maximum absolute atomic E-state index is 13.6. The van der Waals surface area contributed by atoms with Crippen LogP contribution in [-0.2, 0) is 9.53 Å². The molecule has 0 atom stereocenters. The molecule has 1 heterocycles. The number of ether oxygens (including phenoxy) is 3. The van der Waals surface area contributed by atoms with Gasteiger partial charge in [0.15, 0.2) is 18.1 Å². The highest BCUT2D eigenvalue weighted by Gasteiger charge is 2.23. The van der Waals surface area contributed by atoms with Crippen molar-refractivity contribution in [2.24, 2.45) is 5.10 Å². The lowest BCUT2D eigenvalue weighted by Crippen LogP contribution is -2.25. The third-order valence-corrected chi connectivity index (χ3v) is 8.21. The molecule has 4 rings (SSSR count). The van der Waals surface area contributed by atoms with Crippen LogP contribution in [0.15, 0.2) is 43.1 Å². The fraction of sp³-hybridized carbons (Fsp3) is 0.429. The summed E-state index contributed by atoms with van der Waals surface area (Å²) in [7, 11) is 0. The zero-order valence-electron chi connectivity index (χ0n) is 22.0. The average Bonchev–Trinajstić information content (AvgIpc) is 2.91. The van der Waals surface area contributed by atoms with Crippen molar-refractivity contribution in [2.75, 3.05) is 13.2 Å². The molecule has 0 N–H and O–H groups in total. The monoisotopic (exact) mass is 681 g/mol. The summed E-state index contributed by atoms with van der Waals surface area (Å²) >= 11 is 13.6. The minimum absolute atomic E-state index is 0.143. The third kappa shape index (κ3) is 7.02. The number of carbonyl (C=O) groups is 1. The van der Waals surface area contributed by atoms with Crippen molar-refractivity contribution in [1.29, 1.82) is 0 Å². The maximum Gasteiger partial charge on any atom is 0.344 e. The summed E-state index contributed by atoms with van der Waals surface area (Å²) in [5, 5.41) is 5.30. The smallest absolute Gasteiger partial charge is 0.344 e. The zero-order chi connectivity index (χ0) is 28.1. The van der Waals surface area contributed by atoms with Crippen LogP contribution in [0.2, 0.25) is 5.02 Å². The Kier molecular flexibility index (Phi) is 10.1. The minimum atomic E-state index is -0.518. The number of rotatable bonds is 9. The van der Waals surface area contributed by atoms with Crippen LogP contribution in [-0.4, -0.2) is 41.2 Å². The van der Waals surface area contributed by atoms with Crippen molar-refractivity contribution in [3.63, 3.8) is 0 Å². The lowest BCUT2D eigenvalue weighted by molar-refractivity contribution is -0.149. The highest BCUT2D eigenvalue weighted by Crippen LogP contribution is 2.42. The van der Waals surface area contributed by atoms with Crippen molar-refractivity contribution >= 4 is 66.5 Å². The fourth-order valence-corrected chi connectivity index (χ4v) is 5.56. The first-order valence-corrected chi connectivity index (χ1v) is 14.9. The van der Waals surface area contributed by atoms with Gasteiger partial charge in [-0.3, -0.25) is 4.79 Å². The fourth-order valence-electron chi connectivity index (χ4n) is 4.55. The molecule has 0 aliphatic heterocycles. The Morgan fingerprint density at radius 2 is 1.95 bits per heavy atom. The Bertz CT molecular complexity index is 1450. The standard InChI is InChI=1S/C28H30Br2ClN3O5/c1-4-37-22-12-18(24(30)25(31)26(22)38-15-23(35)39-16(2)3)14-32-34-27(17-8-6-5-7-9-17)33-21-11-10-19(29)13-20(21)28(34)36/h10-14,16-17H,4-9,15H2,1-3H3. The van der Waals surface area contributed by atoms with E-state index in [2.05, 4.69) is 37.0 Å². The van der Waals surface area contributed by atoms with Gasteiger partial charge in [0.2, 0.25) is 0 Å². The largest absolute Gasteiger partial charge is 0.490 e. The van der Waals surface area contributed by atoms with Crippen molar-refractivity contribution in [3.05, 3.63) is 60.0 Å². The van der Waals surface area contributed by atoms with E-state index >= 15 is 0 Å². The number of hydrogen-bond acceptors (Lipinski definition) is 7. The Morgan fingerprint density at radius 3 is 2.64 bits per heavy atom. The van der Waals surface area contributed by atoms with Gasteiger partial charge < -0.3 is 14.2 Å². The molecule has 0 saturated heterocycles. The van der Waals surface area contributed by atoms with Gasteiger partial charge in [0, 0.05) is 20.4 Å². The summed E-state index contributed by atoms with van der Waals surface area (Å²) in [6.45, 7) is 5.37. The Hall–Kier alpha value is -2.43. The molecule has 1 saturated carbocycles. The van der Waals surface area contributed by atoms with Crippen LogP contribution in [0, 0.1) is 0 Å². The highest BCUT2D eigenvalue weighted by atomic mass is 79.9. The summed E-state index contributed by atoms with van der Waals surface area (Å²) in [4.78, 5) is 30.5. The van der Waals surface area contributed by atoms with Gasteiger partial charge in [0.05, 0.1) is 29.8 Å². The van der Waals surface area contributed by atoms with Crippen LogP contribution in [0.5, 0.6) is 11.5 Å². The second-order valence-corrected chi connectivity index (χ2v) is 11.6. The van der Waals surface area contributed by atoms with Gasteiger partial charge in [-0.1, -0.05) is 46.8 Å². The van der Waals surface area contributed by atoms with E-state index in [0.717, 1.165) is 30.2 Å². The van der Waals surface area contributed by atoms with E-state index in [-0.39, 0.29) is 35.0 Å². The molecular weight excluding hydrogens is 654 g/mol. The Morgan fingerprint density at radius 1 is 1.21 bits per heavy atom. The molecule has 0 bridgehead atoms. The van der Waals surface area contributed by atoms with Crippen LogP contribution in [0.4, 0.5) is 0 Å². The zero-order valence-corrected chi connectivity index (χ0v) is 25.9. The van der Waals surface area contributed by atoms with E-state index in [9.17, 15) is 9.59 Å². The van der Waals surface area contributed by atoms with Crippen LogP contribution >= 0.6 is 43.5 Å². The van der Waals surface area contributed by atoms with E-state index in [4.69, 9.17) is 30.8 Å². The number of nitrogens with zero attached hydrogens (tertiary/aromatic N) is 3. The molecule has 0 unspecified atom stereocenters. The second kappa shape index (κ2) is 13.3. The number of aromatic nitrogens is 2. The number of esters is 1. The Labute approximate surface area is 248 Å². The molecule has 0 amide bonds. The van der Waals surface area contributed by atoms with Gasteiger partial charge in [-0.15, -0.1) is 0 Å². The van der Waals surface area contributed by atoms with Gasteiger partial charge in [-0.2, -0.15) is 9.78 Å². The second-order valence-electron chi connectivity index (χ2n) is 9.51. The van der Waals surface area contributed by atoms with Crippen molar-refractivity contribution in [1.82, 2.24) is 9.66 Å². The van der Waals surface area contributed by atoms with Gasteiger partial charge in [0.1, 0.15) is 10.8 Å². The number of carbonyl (C=O) groups excluding carboxylic acids is 1. The number of fused-ring (bicyclic) bond motifs is 1. The quantitative estimate of drug-likeness (QED) is 0.175. The molecule has 39 heavy (non-hydrogen) atoms. The van der Waals surface area contributed by atoms with E-state index in [1.807, 2.05) is 19.1 Å². The highest BCUT2D eigenvalue weighted by molar-refractivity contribution is 9.10. The SMILES string of the molecule is CCOc1cc(C=Nn2c(C3CCCCC3)nc3ccc(Br)cc3c2=O)c(Br)c(Cl)c1OCC(=O)OC(C)C. The number of hydrogen-bond donors (Lipinski definition) is 0. The summed E-state index contributed by atoms with van der Waals surface area (Å²) in [5.74, 6) is 0.825. The van der Waals surface area contributed by atoms with Gasteiger partial charge in [-0.25, -0.2) is 9.78 Å². The first kappa shape index (κ1) is 29.6. The predicted molar refractivity (Wildman–Crippen MR) is 160 cm³/mol. The lowest BCUT2D eigenvalue weighted by atomic mass is 9.88. The first-order chi connectivity index (χ1) is 18.7. The summed E-state index contributed by atoms with van der Waals surface area (Å²) < 4.78 is 19.3. The van der Waals surface area contributed by atoms with E-state index in [0.29, 0.717) is 39.1 Å². The van der Waals surface area contributed by atoms with Crippen molar-refractivity contribution in [3.8, 4) is 11.5 Å². The topological polar surface area (TPSA) is 92.0 Å². The van der Waals surface area contributed by atoms with Gasteiger partial charge >= 0.3 is 5.97 Å². The molecular formula is C28H30Br2ClN3O5. The molecule has 8 nitrogen and oxygen atoms in total. The molecule has 1 aliphatic carbocycles. The summed E-state index contributed by atoms with van der Waals surface area (Å²) in [5.41, 5.74) is 0.973. The average molecular weight is 684 g/mol. The minimum Gasteiger partial charge on any atom is -0.490 e. The molecule has 208 valence electrons. The van der Waals surface area contributed by atoms with Crippen LogP contribution in [0.1, 0.15) is 70.2 Å². The molecule has 2 aromatic carbocycles. The predicted octanol–water partition coefficient (Wildman–Crippen LogP) is 7.23. The third-order valence-electron chi connectivity index (χ3n) is 6.27. The first-order valence-electron chi connectivity index (χ1n) is 12.9. The molecule has 1 aromatic heterocycles. The lowest BCUT2D eigenvalue weighted by Gasteiger charge is -2.23. The molecule has 1 aliphatic rings. The molecule has 3 aromatic rings. The maximum atomic E-state index is 13.6. The van der Waals surface area contributed by atoms with Gasteiger partial charge in [-0.05, 0) is 73.8 Å².